The van der Waals surface area contributed by atoms with Gasteiger partial charge in [-0.2, -0.15) is 0 Å². The Bertz CT molecular complexity index is 408. The van der Waals surface area contributed by atoms with E-state index in [2.05, 4.69) is 10.9 Å². The molecule has 0 spiro atoms. The number of nitrogens with one attached hydrogen (secondary N) is 2. The summed E-state index contributed by atoms with van der Waals surface area (Å²) >= 11 is 5.23. The first kappa shape index (κ1) is 14.1. The van der Waals surface area contributed by atoms with Crippen LogP contribution in [0.5, 0.6) is 11.5 Å². The molecule has 0 unspecified atom stereocenters. The lowest BCUT2D eigenvalue weighted by atomic mass is 10.3. The smallest absolute Gasteiger partial charge is 0.276 e. The molecule has 1 aromatic carbocycles. The summed E-state index contributed by atoms with van der Waals surface area (Å²) in [5.41, 5.74) is 4.27. The highest BCUT2D eigenvalue weighted by atomic mass is 35.5. The number of hydrazine groups is 1. The molecule has 1 aromatic rings. The topological polar surface area (TPSA) is 76.7 Å². The molecule has 0 fully saturated rings. The predicted octanol–water partition coefficient (Wildman–Crippen LogP) is 0.460. The van der Waals surface area contributed by atoms with Gasteiger partial charge in [0.25, 0.3) is 11.8 Å². The zero-order valence-corrected chi connectivity index (χ0v) is 10.5. The molecule has 2 N–H and O–H groups in total. The molecule has 2 amide bonds. The van der Waals surface area contributed by atoms with Crippen LogP contribution >= 0.6 is 11.6 Å². The maximum Gasteiger partial charge on any atom is 0.276 e. The average molecular weight is 273 g/mol. The molecule has 7 heteroatoms. The monoisotopic (exact) mass is 272 g/mol. The molecule has 0 bridgehead atoms. The fourth-order valence-corrected chi connectivity index (χ4v) is 1.10. The molecule has 6 nitrogen and oxygen atoms in total. The molecule has 0 aliphatic heterocycles. The van der Waals surface area contributed by atoms with Crippen molar-refractivity contribution in [3.8, 4) is 11.5 Å². The van der Waals surface area contributed by atoms with E-state index >= 15 is 0 Å². The van der Waals surface area contributed by atoms with Crippen LogP contribution in [0.15, 0.2) is 24.3 Å². The number of benzene rings is 1. The Hall–Kier alpha value is -1.95. The van der Waals surface area contributed by atoms with Crippen molar-refractivity contribution < 1.29 is 19.1 Å². The van der Waals surface area contributed by atoms with Crippen molar-refractivity contribution in [1.29, 1.82) is 0 Å². The van der Waals surface area contributed by atoms with E-state index in [1.807, 2.05) is 0 Å². The first-order chi connectivity index (χ1) is 8.65. The van der Waals surface area contributed by atoms with Gasteiger partial charge in [-0.1, -0.05) is 0 Å². The van der Waals surface area contributed by atoms with Crippen molar-refractivity contribution in [1.82, 2.24) is 10.9 Å². The van der Waals surface area contributed by atoms with E-state index < -0.39 is 11.8 Å². The SMILES string of the molecule is COc1ccc(OCC(=O)NNC(=O)CCl)cc1. The van der Waals surface area contributed by atoms with Gasteiger partial charge in [-0.25, -0.2) is 0 Å². The van der Waals surface area contributed by atoms with Crippen LogP contribution in [0.4, 0.5) is 0 Å². The van der Waals surface area contributed by atoms with Crippen molar-refractivity contribution in [3.05, 3.63) is 24.3 Å². The molecular weight excluding hydrogens is 260 g/mol. The van der Waals surface area contributed by atoms with Crippen LogP contribution < -0.4 is 20.3 Å². The van der Waals surface area contributed by atoms with Crippen LogP contribution in [-0.4, -0.2) is 31.4 Å². The van der Waals surface area contributed by atoms with Gasteiger partial charge >= 0.3 is 0 Å². The van der Waals surface area contributed by atoms with Gasteiger partial charge in [0.1, 0.15) is 17.4 Å². The Balaban J connectivity index is 2.31. The van der Waals surface area contributed by atoms with Crippen LogP contribution in [-0.2, 0) is 9.59 Å². The van der Waals surface area contributed by atoms with Crippen LogP contribution in [0.3, 0.4) is 0 Å². The van der Waals surface area contributed by atoms with Crippen molar-refractivity contribution in [3.63, 3.8) is 0 Å². The second-order valence-corrected chi connectivity index (χ2v) is 3.46. The number of carbonyl (C=O) groups excluding carboxylic acids is 2. The van der Waals surface area contributed by atoms with E-state index in [0.29, 0.717) is 11.5 Å². The lowest BCUT2D eigenvalue weighted by Gasteiger charge is -2.08. The number of rotatable bonds is 5. The number of methoxy groups -OCH3 is 1. The summed E-state index contributed by atoms with van der Waals surface area (Å²) in [6.45, 7) is -0.213. The number of hydrogen-bond acceptors (Lipinski definition) is 4. The highest BCUT2D eigenvalue weighted by Crippen LogP contribution is 2.16. The first-order valence-electron chi connectivity index (χ1n) is 5.06. The fourth-order valence-electron chi connectivity index (χ4n) is 1.03. The molecule has 0 heterocycles. The standard InChI is InChI=1S/C11H13ClN2O4/c1-17-8-2-4-9(5-3-8)18-7-11(16)14-13-10(15)6-12/h2-5H,6-7H2,1H3,(H,13,15)(H,14,16). The maximum absolute atomic E-state index is 11.2. The van der Waals surface area contributed by atoms with Crippen LogP contribution in [0.25, 0.3) is 0 Å². The molecule has 0 aliphatic rings. The normalized spacial score (nSPS) is 9.44. The number of carbonyl (C=O) groups is 2. The van der Waals surface area contributed by atoms with Gasteiger partial charge < -0.3 is 9.47 Å². The van der Waals surface area contributed by atoms with E-state index in [1.165, 1.54) is 0 Å². The second kappa shape index (κ2) is 7.39. The van der Waals surface area contributed by atoms with Crippen molar-refractivity contribution in [2.45, 2.75) is 0 Å². The van der Waals surface area contributed by atoms with Crippen LogP contribution in [0, 0.1) is 0 Å². The minimum absolute atomic E-state index is 0.213. The zero-order chi connectivity index (χ0) is 13.4. The second-order valence-electron chi connectivity index (χ2n) is 3.19. The molecule has 0 saturated heterocycles. The molecule has 18 heavy (non-hydrogen) atoms. The lowest BCUT2D eigenvalue weighted by molar-refractivity contribution is -0.128. The quantitative estimate of drug-likeness (QED) is 0.603. The Morgan fingerprint density at radius 2 is 1.67 bits per heavy atom. The summed E-state index contributed by atoms with van der Waals surface area (Å²) in [5, 5.41) is 0. The van der Waals surface area contributed by atoms with E-state index in [0.717, 1.165) is 0 Å². The number of halogens is 1. The highest BCUT2D eigenvalue weighted by Gasteiger charge is 2.04. The number of alkyl halides is 1. The summed E-state index contributed by atoms with van der Waals surface area (Å²) in [5.74, 6) is 0.0223. The summed E-state index contributed by atoms with van der Waals surface area (Å²) in [6.07, 6.45) is 0. The van der Waals surface area contributed by atoms with Gasteiger partial charge in [0.2, 0.25) is 0 Å². The molecule has 0 aliphatic carbocycles. The minimum Gasteiger partial charge on any atom is -0.497 e. The van der Waals surface area contributed by atoms with Crippen molar-refractivity contribution in [2.75, 3.05) is 19.6 Å². The molecule has 0 saturated carbocycles. The predicted molar refractivity (Wildman–Crippen MR) is 65.5 cm³/mol. The average Bonchev–Trinajstić information content (AvgIpc) is 2.42. The Morgan fingerprint density at radius 1 is 1.11 bits per heavy atom. The largest absolute Gasteiger partial charge is 0.497 e. The fraction of sp³-hybridized carbons (Fsp3) is 0.273. The third-order valence-corrected chi connectivity index (χ3v) is 2.13. The van der Waals surface area contributed by atoms with Gasteiger partial charge in [0.15, 0.2) is 6.61 Å². The summed E-state index contributed by atoms with van der Waals surface area (Å²) in [4.78, 5) is 22.0. The van der Waals surface area contributed by atoms with Crippen LogP contribution in [0.2, 0.25) is 0 Å². The first-order valence-corrected chi connectivity index (χ1v) is 5.59. The van der Waals surface area contributed by atoms with Gasteiger partial charge in [-0.3, -0.25) is 20.4 Å². The molecule has 1 rings (SSSR count). The molecule has 0 atom stereocenters. The zero-order valence-electron chi connectivity index (χ0n) is 9.73. The molecule has 0 radical (unpaired) electrons. The van der Waals surface area contributed by atoms with Gasteiger partial charge in [0, 0.05) is 0 Å². The number of hydrogen-bond donors (Lipinski definition) is 2. The Morgan fingerprint density at radius 3 is 2.22 bits per heavy atom. The third-order valence-electron chi connectivity index (χ3n) is 1.89. The molecule has 98 valence electrons. The number of amides is 2. The third kappa shape index (κ3) is 4.92. The Labute approximate surface area is 109 Å². The number of ether oxygens (including phenoxy) is 2. The van der Waals surface area contributed by atoms with E-state index in [1.54, 1.807) is 31.4 Å². The highest BCUT2D eigenvalue weighted by molar-refractivity contribution is 6.27. The molecule has 0 aromatic heterocycles. The Kier molecular flexibility index (Phi) is 5.79. The van der Waals surface area contributed by atoms with E-state index in [4.69, 9.17) is 21.1 Å². The van der Waals surface area contributed by atoms with Crippen molar-refractivity contribution in [2.24, 2.45) is 0 Å². The summed E-state index contributed by atoms with van der Waals surface area (Å²) in [7, 11) is 1.56. The van der Waals surface area contributed by atoms with Gasteiger partial charge in [-0.05, 0) is 24.3 Å². The summed E-state index contributed by atoms with van der Waals surface area (Å²) in [6, 6.07) is 6.76. The maximum atomic E-state index is 11.2. The van der Waals surface area contributed by atoms with Crippen molar-refractivity contribution >= 4 is 23.4 Å². The van der Waals surface area contributed by atoms with Crippen LogP contribution in [0.1, 0.15) is 0 Å². The molecular formula is C11H13ClN2O4. The van der Waals surface area contributed by atoms with Gasteiger partial charge in [0.05, 0.1) is 7.11 Å². The lowest BCUT2D eigenvalue weighted by Crippen LogP contribution is -2.44. The van der Waals surface area contributed by atoms with E-state index in [9.17, 15) is 9.59 Å². The van der Waals surface area contributed by atoms with E-state index in [-0.39, 0.29) is 12.5 Å². The summed E-state index contributed by atoms with van der Waals surface area (Å²) < 4.78 is 10.2. The minimum atomic E-state index is -0.491. The van der Waals surface area contributed by atoms with Gasteiger partial charge in [-0.15, -0.1) is 11.6 Å².